The molecule has 4 heteroatoms. The third kappa shape index (κ3) is 1.73. The number of benzene rings is 1. The quantitative estimate of drug-likeness (QED) is 0.560. The molecule has 0 aliphatic carbocycles. The first-order valence-electron chi connectivity index (χ1n) is 4.80. The molecule has 3 nitrogen and oxygen atoms in total. The fourth-order valence-electron chi connectivity index (χ4n) is 1.56. The van der Waals surface area contributed by atoms with Gasteiger partial charge in [0.25, 0.3) is 0 Å². The van der Waals surface area contributed by atoms with E-state index >= 15 is 0 Å². The maximum Gasteiger partial charge on any atom is 2.00 e. The summed E-state index contributed by atoms with van der Waals surface area (Å²) in [4.78, 5) is 12.0. The van der Waals surface area contributed by atoms with Crippen LogP contribution in [0.4, 0.5) is 0 Å². The Hall–Kier alpha value is -1.99. The molecule has 0 atom stereocenters. The number of hydrogen-bond donors (Lipinski definition) is 0. The number of H-pyrrole nitrogens is 1. The molecular weight excluding hydrogens is 195 g/mol. The van der Waals surface area contributed by atoms with Crippen LogP contribution in [0.25, 0.3) is 22.6 Å². The zero-order valence-corrected chi connectivity index (χ0v) is 8.72. The minimum absolute atomic E-state index is 0. The van der Waals surface area contributed by atoms with Gasteiger partial charge in [0.15, 0.2) is 6.20 Å². The summed E-state index contributed by atoms with van der Waals surface area (Å²) in [6.07, 6.45) is 1.87. The Morgan fingerprint density at radius 1 is 1.00 bits per heavy atom. The minimum atomic E-state index is 0. The third-order valence-electron chi connectivity index (χ3n) is 2.28. The summed E-state index contributed by atoms with van der Waals surface area (Å²) in [5.74, 6) is 0.747. The summed E-state index contributed by atoms with van der Waals surface area (Å²) in [5.41, 5.74) is 2.81. The molecule has 1 aromatic carbocycles. The minimum Gasteiger partial charge on any atom is -0.430 e. The average molecular weight is 204 g/mol. The zero-order valence-electron chi connectivity index (χ0n) is 8.72. The molecule has 0 aliphatic heterocycles. The zero-order chi connectivity index (χ0) is 10.1. The van der Waals surface area contributed by atoms with Crippen molar-refractivity contribution >= 4 is 21.2 Å². The number of aromatic amines is 1. The summed E-state index contributed by atoms with van der Waals surface area (Å²) in [6, 6.07) is 13.7. The maximum absolute atomic E-state index is 4.44. The number of pyridine rings is 1. The van der Waals surface area contributed by atoms with Gasteiger partial charge in [-0.1, -0.05) is 24.3 Å². The van der Waals surface area contributed by atoms with Crippen molar-refractivity contribution in [1.29, 1.82) is 0 Å². The summed E-state index contributed by atoms with van der Waals surface area (Å²) in [6.45, 7) is 0. The standard InChI is InChI=1S/C12H8N3.Be/c1-2-6-10-9(5-1)14-12(15-10)11-7-3-4-8-13-11;/h1-8H;/q-1;+2/p+1. The van der Waals surface area contributed by atoms with Crippen LogP contribution in [0, 0.1) is 0 Å². The van der Waals surface area contributed by atoms with E-state index in [2.05, 4.69) is 15.0 Å². The Balaban J connectivity index is 0.000000963. The first kappa shape index (κ1) is 10.5. The van der Waals surface area contributed by atoms with E-state index in [0.29, 0.717) is 0 Å². The molecule has 0 saturated carbocycles. The number of nitrogens with one attached hydrogen (secondary N) is 1. The van der Waals surface area contributed by atoms with Crippen molar-refractivity contribution in [3.8, 4) is 11.5 Å². The number of rotatable bonds is 1. The van der Waals surface area contributed by atoms with Gasteiger partial charge in [0.2, 0.25) is 5.69 Å². The van der Waals surface area contributed by atoms with Gasteiger partial charge in [-0.05, 0) is 17.1 Å². The maximum atomic E-state index is 4.44. The van der Waals surface area contributed by atoms with E-state index in [4.69, 9.17) is 0 Å². The molecule has 0 spiro atoms. The molecule has 0 bridgehead atoms. The van der Waals surface area contributed by atoms with Gasteiger partial charge in [0, 0.05) is 18.0 Å². The second-order valence-electron chi connectivity index (χ2n) is 3.31. The predicted molar refractivity (Wildman–Crippen MR) is 62.8 cm³/mol. The van der Waals surface area contributed by atoms with Crippen molar-refractivity contribution in [3.63, 3.8) is 0 Å². The molecule has 16 heavy (non-hydrogen) atoms. The van der Waals surface area contributed by atoms with Crippen molar-refractivity contribution in [2.24, 2.45) is 0 Å². The topological polar surface area (TPSA) is 41.1 Å². The largest absolute Gasteiger partial charge is 2.00 e. The van der Waals surface area contributed by atoms with E-state index in [-0.39, 0.29) is 10.1 Å². The van der Waals surface area contributed by atoms with Crippen molar-refractivity contribution < 1.29 is 4.98 Å². The molecule has 0 radical (unpaired) electrons. The van der Waals surface area contributed by atoms with Gasteiger partial charge in [-0.3, -0.25) is 0 Å². The van der Waals surface area contributed by atoms with Gasteiger partial charge in [0.05, 0.1) is 0 Å². The summed E-state index contributed by atoms with van der Waals surface area (Å²) >= 11 is 0. The number of imidazole rings is 1. The van der Waals surface area contributed by atoms with Crippen molar-refractivity contribution in [2.75, 3.05) is 0 Å². The van der Waals surface area contributed by atoms with Crippen LogP contribution in [0.2, 0.25) is 0 Å². The van der Waals surface area contributed by atoms with Crippen LogP contribution in [0.3, 0.4) is 0 Å². The van der Waals surface area contributed by atoms with Gasteiger partial charge in [-0.15, -0.1) is 0 Å². The Morgan fingerprint density at radius 2 is 1.81 bits per heavy atom. The SMILES string of the molecule is [Be+2].c1ccc(-c2nc3ccccc3[n-]2)[nH+]c1. The van der Waals surface area contributed by atoms with Crippen LogP contribution in [0.1, 0.15) is 0 Å². The van der Waals surface area contributed by atoms with Crippen LogP contribution >= 0.6 is 0 Å². The van der Waals surface area contributed by atoms with E-state index < -0.39 is 0 Å². The third-order valence-corrected chi connectivity index (χ3v) is 2.28. The molecule has 3 rings (SSSR count). The molecule has 2 aromatic heterocycles. The second kappa shape index (κ2) is 4.25. The van der Waals surface area contributed by atoms with E-state index in [1.807, 2.05) is 48.7 Å². The number of aromatic nitrogens is 3. The van der Waals surface area contributed by atoms with Crippen molar-refractivity contribution in [2.45, 2.75) is 0 Å². The normalized spacial score (nSPS) is 10.0. The fraction of sp³-hybridized carbons (Fsp3) is 0. The van der Waals surface area contributed by atoms with Gasteiger partial charge in [-0.25, -0.2) is 4.98 Å². The molecule has 72 valence electrons. The summed E-state index contributed by atoms with van der Waals surface area (Å²) in [5, 5.41) is 0. The number of para-hydroxylation sites is 2. The van der Waals surface area contributed by atoms with Crippen LogP contribution < -0.4 is 9.97 Å². The van der Waals surface area contributed by atoms with Crippen LogP contribution in [0.15, 0.2) is 48.7 Å². The number of fused-ring (bicyclic) bond motifs is 1. The van der Waals surface area contributed by atoms with E-state index in [9.17, 15) is 0 Å². The molecule has 0 fully saturated rings. The molecule has 1 N–H and O–H groups in total. The Morgan fingerprint density at radius 3 is 2.56 bits per heavy atom. The average Bonchev–Trinajstić information content (AvgIpc) is 2.74. The monoisotopic (exact) mass is 204 g/mol. The fourth-order valence-corrected chi connectivity index (χ4v) is 1.56. The molecule has 3 aromatic rings. The molecule has 0 amide bonds. The molecule has 2 heterocycles. The van der Waals surface area contributed by atoms with Crippen molar-refractivity contribution in [3.05, 3.63) is 48.7 Å². The molecule has 0 unspecified atom stereocenters. The van der Waals surface area contributed by atoms with Gasteiger partial charge >= 0.3 is 10.1 Å². The van der Waals surface area contributed by atoms with Crippen LogP contribution in [-0.2, 0) is 0 Å². The number of hydrogen-bond acceptors (Lipinski definition) is 1. The van der Waals surface area contributed by atoms with Crippen LogP contribution in [-0.4, -0.2) is 15.1 Å². The van der Waals surface area contributed by atoms with Gasteiger partial charge in [-0.2, -0.15) is 0 Å². The van der Waals surface area contributed by atoms with Crippen LogP contribution in [0.5, 0.6) is 0 Å². The summed E-state index contributed by atoms with van der Waals surface area (Å²) in [7, 11) is 0. The van der Waals surface area contributed by atoms with E-state index in [1.54, 1.807) is 0 Å². The molecular formula is C12H9BeN3+2. The predicted octanol–water partition coefficient (Wildman–Crippen LogP) is 1.29. The van der Waals surface area contributed by atoms with Crippen molar-refractivity contribution in [1.82, 2.24) is 9.97 Å². The Bertz CT molecular complexity index is 556. The number of nitrogens with zero attached hydrogens (tertiary/aromatic N) is 2. The molecule has 0 saturated heterocycles. The van der Waals surface area contributed by atoms with Gasteiger partial charge < -0.3 is 9.97 Å². The Labute approximate surface area is 96.8 Å². The second-order valence-corrected chi connectivity index (χ2v) is 3.31. The summed E-state index contributed by atoms with van der Waals surface area (Å²) < 4.78 is 0. The van der Waals surface area contributed by atoms with E-state index in [1.165, 1.54) is 0 Å². The van der Waals surface area contributed by atoms with Gasteiger partial charge in [0.1, 0.15) is 0 Å². The first-order valence-corrected chi connectivity index (χ1v) is 4.80. The Kier molecular flexibility index (Phi) is 2.80. The first-order chi connectivity index (χ1) is 7.43. The smallest absolute Gasteiger partial charge is 0.430 e. The van der Waals surface area contributed by atoms with E-state index in [0.717, 1.165) is 22.6 Å². The molecule has 0 aliphatic rings.